The van der Waals surface area contributed by atoms with Gasteiger partial charge in [-0.1, -0.05) is 6.92 Å². The lowest BCUT2D eigenvalue weighted by molar-refractivity contribution is -0.117. The number of benzene rings is 1. The summed E-state index contributed by atoms with van der Waals surface area (Å²) in [4.78, 5) is 12.2. The molecule has 0 fully saturated rings. The molecule has 1 heterocycles. The summed E-state index contributed by atoms with van der Waals surface area (Å²) in [5.41, 5.74) is 3.73. The first-order valence-electron chi connectivity index (χ1n) is 8.53. The molecular weight excluding hydrogens is 302 g/mol. The van der Waals surface area contributed by atoms with Crippen LogP contribution in [0.3, 0.4) is 0 Å². The molecule has 1 amide bonds. The van der Waals surface area contributed by atoms with Gasteiger partial charge in [0.25, 0.3) is 0 Å². The molecule has 2 aromatic rings. The van der Waals surface area contributed by atoms with Gasteiger partial charge < -0.3 is 14.5 Å². The minimum atomic E-state index is -0.0792. The van der Waals surface area contributed by atoms with Crippen LogP contribution < -0.4 is 10.1 Å². The molecule has 4 nitrogen and oxygen atoms in total. The zero-order valence-corrected chi connectivity index (χ0v) is 15.4. The highest BCUT2D eigenvalue weighted by atomic mass is 16.5. The molecule has 0 bridgehead atoms. The third kappa shape index (κ3) is 3.81. The SMILES string of the molecule is CCOc1cc2oc(C)c(C)c2cc1/C(C)=C/C(=O)NC(C)CC. The molecule has 0 radical (unpaired) electrons. The predicted octanol–water partition coefficient (Wildman–Crippen LogP) is 4.77. The van der Waals surface area contributed by atoms with Crippen molar-refractivity contribution in [2.45, 2.75) is 54.0 Å². The molecule has 2 rings (SSSR count). The summed E-state index contributed by atoms with van der Waals surface area (Å²) in [6.07, 6.45) is 2.54. The number of carbonyl (C=O) groups excluding carboxylic acids is 1. The first-order chi connectivity index (χ1) is 11.4. The molecule has 0 aliphatic rings. The van der Waals surface area contributed by atoms with Gasteiger partial charge in [-0.25, -0.2) is 0 Å². The number of hydrogen-bond donors (Lipinski definition) is 1. The third-order valence-electron chi connectivity index (χ3n) is 4.35. The van der Waals surface area contributed by atoms with Gasteiger partial charge in [-0.2, -0.15) is 0 Å². The van der Waals surface area contributed by atoms with Gasteiger partial charge in [0.05, 0.1) is 6.61 Å². The zero-order chi connectivity index (χ0) is 17.9. The Labute approximate surface area is 143 Å². The molecule has 1 aromatic heterocycles. The minimum absolute atomic E-state index is 0.0792. The van der Waals surface area contributed by atoms with Gasteiger partial charge in [-0.15, -0.1) is 0 Å². The largest absolute Gasteiger partial charge is 0.493 e. The predicted molar refractivity (Wildman–Crippen MR) is 98.4 cm³/mol. The summed E-state index contributed by atoms with van der Waals surface area (Å²) in [5, 5.41) is 4.02. The maximum atomic E-state index is 12.2. The van der Waals surface area contributed by atoms with Crippen molar-refractivity contribution in [2.24, 2.45) is 0 Å². The van der Waals surface area contributed by atoms with E-state index in [9.17, 15) is 4.79 Å². The number of aryl methyl sites for hydroxylation is 2. The van der Waals surface area contributed by atoms with E-state index in [0.29, 0.717) is 6.61 Å². The van der Waals surface area contributed by atoms with Gasteiger partial charge >= 0.3 is 0 Å². The van der Waals surface area contributed by atoms with Crippen LogP contribution >= 0.6 is 0 Å². The van der Waals surface area contributed by atoms with Crippen molar-refractivity contribution < 1.29 is 13.9 Å². The summed E-state index contributed by atoms with van der Waals surface area (Å²) in [5.74, 6) is 1.56. The van der Waals surface area contributed by atoms with Crippen LogP contribution in [0.15, 0.2) is 22.6 Å². The molecule has 1 aromatic carbocycles. The smallest absolute Gasteiger partial charge is 0.244 e. The maximum Gasteiger partial charge on any atom is 0.244 e. The fourth-order valence-electron chi connectivity index (χ4n) is 2.61. The average molecular weight is 329 g/mol. The van der Waals surface area contributed by atoms with Crippen molar-refractivity contribution in [3.63, 3.8) is 0 Å². The van der Waals surface area contributed by atoms with Crippen LogP contribution in [0.1, 0.15) is 51.0 Å². The molecule has 0 saturated carbocycles. The Morgan fingerprint density at radius 3 is 2.67 bits per heavy atom. The second kappa shape index (κ2) is 7.56. The number of rotatable bonds is 6. The summed E-state index contributed by atoms with van der Waals surface area (Å²) in [6, 6.07) is 4.13. The molecule has 4 heteroatoms. The fraction of sp³-hybridized carbons (Fsp3) is 0.450. The van der Waals surface area contributed by atoms with Gasteiger partial charge in [0.15, 0.2) is 0 Å². The van der Waals surface area contributed by atoms with Gasteiger partial charge in [0.2, 0.25) is 5.91 Å². The van der Waals surface area contributed by atoms with Crippen molar-refractivity contribution in [2.75, 3.05) is 6.61 Å². The Morgan fingerprint density at radius 1 is 1.33 bits per heavy atom. The molecule has 0 spiro atoms. The zero-order valence-electron chi connectivity index (χ0n) is 15.4. The standard InChI is InChI=1S/C20H27NO3/c1-7-13(4)21-20(22)9-12(3)16-10-17-14(5)15(6)24-19(17)11-18(16)23-8-2/h9-11,13H,7-8H2,1-6H3,(H,21,22)/b12-9+. The number of amides is 1. The van der Waals surface area contributed by atoms with Crippen LogP contribution in [0.5, 0.6) is 5.75 Å². The highest BCUT2D eigenvalue weighted by Crippen LogP contribution is 2.34. The highest BCUT2D eigenvalue weighted by Gasteiger charge is 2.14. The van der Waals surface area contributed by atoms with Gasteiger partial charge in [-0.3, -0.25) is 4.79 Å². The quantitative estimate of drug-likeness (QED) is 0.777. The monoisotopic (exact) mass is 329 g/mol. The van der Waals surface area contributed by atoms with Crippen LogP contribution in [-0.4, -0.2) is 18.6 Å². The van der Waals surface area contributed by atoms with Crippen molar-refractivity contribution in [3.8, 4) is 5.75 Å². The average Bonchev–Trinajstić information content (AvgIpc) is 2.80. The lowest BCUT2D eigenvalue weighted by atomic mass is 10.0. The molecule has 0 aliphatic heterocycles. The molecular formula is C20H27NO3. The molecule has 130 valence electrons. The van der Waals surface area contributed by atoms with Gasteiger partial charge in [0, 0.05) is 29.1 Å². The number of ether oxygens (including phenoxy) is 1. The van der Waals surface area contributed by atoms with E-state index in [2.05, 4.69) is 11.4 Å². The van der Waals surface area contributed by atoms with Gasteiger partial charge in [-0.05, 0) is 58.2 Å². The van der Waals surface area contributed by atoms with E-state index in [4.69, 9.17) is 9.15 Å². The van der Waals surface area contributed by atoms with Crippen LogP contribution in [0, 0.1) is 13.8 Å². The molecule has 0 saturated heterocycles. The van der Waals surface area contributed by atoms with Crippen LogP contribution in [0.4, 0.5) is 0 Å². The second-order valence-electron chi connectivity index (χ2n) is 6.21. The highest BCUT2D eigenvalue weighted by molar-refractivity contribution is 5.97. The summed E-state index contributed by atoms with van der Waals surface area (Å²) >= 11 is 0. The summed E-state index contributed by atoms with van der Waals surface area (Å²) in [7, 11) is 0. The van der Waals surface area contributed by atoms with Crippen LogP contribution in [-0.2, 0) is 4.79 Å². The lowest BCUT2D eigenvalue weighted by Crippen LogP contribution is -2.30. The number of hydrogen-bond acceptors (Lipinski definition) is 3. The van der Waals surface area contributed by atoms with Crippen LogP contribution in [0.25, 0.3) is 16.5 Å². The first-order valence-corrected chi connectivity index (χ1v) is 8.53. The molecule has 1 unspecified atom stereocenters. The summed E-state index contributed by atoms with van der Waals surface area (Å²) in [6.45, 7) is 12.5. The van der Waals surface area contributed by atoms with E-state index in [-0.39, 0.29) is 11.9 Å². The van der Waals surface area contributed by atoms with Crippen molar-refractivity contribution >= 4 is 22.4 Å². The Morgan fingerprint density at radius 2 is 2.04 bits per heavy atom. The van der Waals surface area contributed by atoms with E-state index in [1.807, 2.05) is 47.6 Å². The Bertz CT molecular complexity index is 771. The molecule has 1 N–H and O–H groups in total. The normalized spacial score (nSPS) is 13.2. The lowest BCUT2D eigenvalue weighted by Gasteiger charge is -2.12. The fourth-order valence-corrected chi connectivity index (χ4v) is 2.61. The number of allylic oxidation sites excluding steroid dienone is 1. The second-order valence-corrected chi connectivity index (χ2v) is 6.21. The van der Waals surface area contributed by atoms with E-state index in [1.165, 1.54) is 0 Å². The Hall–Kier alpha value is -2.23. The maximum absolute atomic E-state index is 12.2. The number of fused-ring (bicyclic) bond motifs is 1. The minimum Gasteiger partial charge on any atom is -0.493 e. The first kappa shape index (κ1) is 18.1. The topological polar surface area (TPSA) is 51.5 Å². The van der Waals surface area contributed by atoms with E-state index < -0.39 is 0 Å². The van der Waals surface area contributed by atoms with E-state index in [1.54, 1.807) is 6.08 Å². The van der Waals surface area contributed by atoms with Crippen molar-refractivity contribution in [1.29, 1.82) is 0 Å². The van der Waals surface area contributed by atoms with E-state index >= 15 is 0 Å². The number of nitrogens with one attached hydrogen (secondary N) is 1. The Balaban J connectivity index is 2.46. The Kier molecular flexibility index (Phi) is 5.71. The van der Waals surface area contributed by atoms with E-state index in [0.717, 1.165) is 45.6 Å². The molecule has 24 heavy (non-hydrogen) atoms. The summed E-state index contributed by atoms with van der Waals surface area (Å²) < 4.78 is 11.6. The third-order valence-corrected chi connectivity index (χ3v) is 4.35. The number of furan rings is 1. The van der Waals surface area contributed by atoms with Crippen molar-refractivity contribution in [1.82, 2.24) is 5.32 Å². The number of carbonyl (C=O) groups is 1. The van der Waals surface area contributed by atoms with Crippen molar-refractivity contribution in [3.05, 3.63) is 35.1 Å². The van der Waals surface area contributed by atoms with Gasteiger partial charge in [0.1, 0.15) is 17.1 Å². The van der Waals surface area contributed by atoms with Crippen LogP contribution in [0.2, 0.25) is 0 Å². The molecule has 1 atom stereocenters. The molecule has 0 aliphatic carbocycles.